The third kappa shape index (κ3) is 8.04. The molecule has 0 aliphatic heterocycles. The van der Waals surface area contributed by atoms with Gasteiger partial charge in [0.25, 0.3) is 5.91 Å². The van der Waals surface area contributed by atoms with Crippen molar-refractivity contribution >= 4 is 64.6 Å². The molecule has 0 saturated carbocycles. The summed E-state index contributed by atoms with van der Waals surface area (Å²) in [6, 6.07) is 12.6. The molecule has 0 aliphatic rings. The summed E-state index contributed by atoms with van der Waals surface area (Å²) in [5.41, 5.74) is 4.16. The van der Waals surface area contributed by atoms with E-state index in [2.05, 4.69) is 20.7 Å². The lowest BCUT2D eigenvalue weighted by Crippen LogP contribution is -2.19. The maximum absolute atomic E-state index is 12.1. The summed E-state index contributed by atoms with van der Waals surface area (Å²) in [6.45, 7) is 1.31. The molecule has 0 radical (unpaired) electrons. The lowest BCUT2D eigenvalue weighted by Gasteiger charge is -2.08. The van der Waals surface area contributed by atoms with Crippen molar-refractivity contribution in [3.05, 3.63) is 58.6 Å². The van der Waals surface area contributed by atoms with Crippen LogP contribution in [0.4, 0.5) is 0 Å². The monoisotopic (exact) mass is 522 g/mol. The van der Waals surface area contributed by atoms with E-state index in [1.54, 1.807) is 30.0 Å². The van der Waals surface area contributed by atoms with Crippen LogP contribution in [0.5, 0.6) is 11.5 Å². The number of hydrazone groups is 1. The van der Waals surface area contributed by atoms with E-state index in [0.29, 0.717) is 27.2 Å². The van der Waals surface area contributed by atoms with Crippen molar-refractivity contribution in [1.29, 1.82) is 0 Å². The number of benzene rings is 2. The van der Waals surface area contributed by atoms with Gasteiger partial charge in [0.15, 0.2) is 20.2 Å². The van der Waals surface area contributed by atoms with Crippen LogP contribution in [-0.2, 0) is 15.3 Å². The molecule has 0 unspecified atom stereocenters. The Labute approximate surface area is 208 Å². The molecule has 3 aromatic rings. The molecule has 0 saturated heterocycles. The quantitative estimate of drug-likeness (QED) is 0.135. The molecule has 1 N–H and O–H groups in total. The summed E-state index contributed by atoms with van der Waals surface area (Å²) in [7, 11) is 1.47. The summed E-state index contributed by atoms with van der Waals surface area (Å²) in [5, 5.41) is 12.9. The molecule has 1 amide bonds. The van der Waals surface area contributed by atoms with Crippen molar-refractivity contribution in [3.63, 3.8) is 0 Å². The van der Waals surface area contributed by atoms with Gasteiger partial charge in [0.05, 0.1) is 19.1 Å². The van der Waals surface area contributed by atoms with Gasteiger partial charge in [0, 0.05) is 17.7 Å². The average Bonchev–Trinajstić information content (AvgIpc) is 3.25. The zero-order valence-corrected chi connectivity index (χ0v) is 20.8. The number of amides is 1. The second kappa shape index (κ2) is 12.6. The first-order valence-corrected chi connectivity index (χ1v) is 12.6. The highest BCUT2D eigenvalue weighted by Gasteiger charge is 2.10. The van der Waals surface area contributed by atoms with Crippen molar-refractivity contribution in [1.82, 2.24) is 15.6 Å². The van der Waals surface area contributed by atoms with E-state index < -0.39 is 5.97 Å². The zero-order valence-electron chi connectivity index (χ0n) is 17.6. The van der Waals surface area contributed by atoms with Crippen LogP contribution in [0.25, 0.3) is 0 Å². The minimum Gasteiger partial charge on any atom is -0.493 e. The molecule has 172 valence electrons. The molecule has 33 heavy (non-hydrogen) atoms. The van der Waals surface area contributed by atoms with E-state index >= 15 is 0 Å². The van der Waals surface area contributed by atoms with Gasteiger partial charge in [-0.05, 0) is 35.4 Å². The molecular formula is C21H19ClN4O4S3. The predicted molar refractivity (Wildman–Crippen MR) is 132 cm³/mol. The molecule has 0 spiro atoms. The number of hydrogen-bond donors (Lipinski definition) is 1. The van der Waals surface area contributed by atoms with Crippen LogP contribution in [0.3, 0.4) is 0 Å². The fourth-order valence-corrected chi connectivity index (χ4v) is 5.51. The van der Waals surface area contributed by atoms with Crippen molar-refractivity contribution in [2.75, 3.05) is 12.9 Å². The van der Waals surface area contributed by atoms with Crippen LogP contribution in [0.1, 0.15) is 18.1 Å². The van der Waals surface area contributed by atoms with Crippen molar-refractivity contribution in [2.45, 2.75) is 21.4 Å². The lowest BCUT2D eigenvalue weighted by molar-refractivity contribution is -0.132. The Hall–Kier alpha value is -2.60. The highest BCUT2D eigenvalue weighted by atomic mass is 35.5. The fourth-order valence-electron chi connectivity index (χ4n) is 2.41. The van der Waals surface area contributed by atoms with Crippen molar-refractivity contribution in [2.24, 2.45) is 5.10 Å². The second-order valence-electron chi connectivity index (χ2n) is 6.30. The van der Waals surface area contributed by atoms with Crippen molar-refractivity contribution < 1.29 is 19.1 Å². The minimum atomic E-state index is -0.443. The maximum atomic E-state index is 12.1. The van der Waals surface area contributed by atoms with Gasteiger partial charge in [-0.25, -0.2) is 5.43 Å². The summed E-state index contributed by atoms with van der Waals surface area (Å²) in [6.07, 6.45) is 1.47. The second-order valence-corrected chi connectivity index (χ2v) is 10.1. The Balaban J connectivity index is 1.45. The van der Waals surface area contributed by atoms with E-state index in [1.165, 1.54) is 43.3 Å². The van der Waals surface area contributed by atoms with Crippen LogP contribution in [0, 0.1) is 0 Å². The summed E-state index contributed by atoms with van der Waals surface area (Å²) in [4.78, 5) is 23.2. The van der Waals surface area contributed by atoms with Gasteiger partial charge < -0.3 is 9.47 Å². The Kier molecular flexibility index (Phi) is 9.55. The van der Waals surface area contributed by atoms with Crippen LogP contribution in [-0.4, -0.2) is 41.2 Å². The molecule has 8 nitrogen and oxygen atoms in total. The van der Waals surface area contributed by atoms with Crippen molar-refractivity contribution in [3.8, 4) is 11.5 Å². The van der Waals surface area contributed by atoms with Gasteiger partial charge in [0.1, 0.15) is 0 Å². The van der Waals surface area contributed by atoms with Crippen LogP contribution in [0.15, 0.2) is 56.2 Å². The molecular weight excluding hydrogens is 504 g/mol. The summed E-state index contributed by atoms with van der Waals surface area (Å²) >= 11 is 10.4. The Morgan fingerprint density at radius 3 is 2.64 bits per heavy atom. The number of thioether (sulfide) groups is 2. The van der Waals surface area contributed by atoms with E-state index in [1.807, 2.05) is 24.3 Å². The van der Waals surface area contributed by atoms with E-state index in [4.69, 9.17) is 21.1 Å². The third-order valence-electron chi connectivity index (χ3n) is 3.87. The van der Waals surface area contributed by atoms with E-state index in [-0.39, 0.29) is 11.7 Å². The number of aromatic nitrogens is 2. The molecule has 0 bridgehead atoms. The number of ether oxygens (including phenoxy) is 2. The lowest BCUT2D eigenvalue weighted by atomic mass is 10.2. The fraction of sp³-hybridized carbons (Fsp3) is 0.190. The van der Waals surface area contributed by atoms with E-state index in [9.17, 15) is 9.59 Å². The van der Waals surface area contributed by atoms with Gasteiger partial charge in [-0.1, -0.05) is 64.7 Å². The highest BCUT2D eigenvalue weighted by molar-refractivity contribution is 8.03. The van der Waals surface area contributed by atoms with Gasteiger partial charge in [-0.3, -0.25) is 9.59 Å². The number of methoxy groups -OCH3 is 1. The summed E-state index contributed by atoms with van der Waals surface area (Å²) < 4.78 is 11.8. The normalized spacial score (nSPS) is 10.9. The molecule has 1 aromatic heterocycles. The first kappa shape index (κ1) is 25.0. The molecule has 0 atom stereocenters. The molecule has 12 heteroatoms. The van der Waals surface area contributed by atoms with Gasteiger partial charge in [0.2, 0.25) is 0 Å². The molecule has 2 aromatic carbocycles. The number of esters is 1. The summed E-state index contributed by atoms with van der Waals surface area (Å²) in [5.74, 6) is 0.817. The first-order chi connectivity index (χ1) is 15.9. The smallest absolute Gasteiger partial charge is 0.308 e. The van der Waals surface area contributed by atoms with Crippen LogP contribution < -0.4 is 14.9 Å². The average molecular weight is 523 g/mol. The number of carbonyl (C=O) groups is 2. The number of nitrogens with one attached hydrogen (secondary N) is 1. The number of hydrogen-bond acceptors (Lipinski definition) is 10. The SMILES string of the molecule is COc1cc(/C=N\NC(=O)CSc2nnc(SCc3ccccc3Cl)s2)ccc1OC(C)=O. The number of nitrogens with zero attached hydrogens (tertiary/aromatic N) is 3. The maximum Gasteiger partial charge on any atom is 0.308 e. The Morgan fingerprint density at radius 1 is 1.15 bits per heavy atom. The van der Waals surface area contributed by atoms with Gasteiger partial charge >= 0.3 is 5.97 Å². The van der Waals surface area contributed by atoms with Crippen LogP contribution in [0.2, 0.25) is 5.02 Å². The highest BCUT2D eigenvalue weighted by Crippen LogP contribution is 2.32. The molecule has 1 heterocycles. The Bertz CT molecular complexity index is 1160. The van der Waals surface area contributed by atoms with Crippen LogP contribution >= 0.6 is 46.5 Å². The molecule has 3 rings (SSSR count). The molecule has 0 fully saturated rings. The van der Waals surface area contributed by atoms with Gasteiger partial charge in [-0.15, -0.1) is 10.2 Å². The first-order valence-electron chi connectivity index (χ1n) is 9.45. The predicted octanol–water partition coefficient (Wildman–Crippen LogP) is 4.66. The van der Waals surface area contributed by atoms with Gasteiger partial charge in [-0.2, -0.15) is 5.10 Å². The topological polar surface area (TPSA) is 103 Å². The number of carbonyl (C=O) groups excluding carboxylic acids is 2. The number of rotatable bonds is 10. The minimum absolute atomic E-state index is 0.149. The number of halogens is 1. The van der Waals surface area contributed by atoms with E-state index in [0.717, 1.165) is 14.9 Å². The Morgan fingerprint density at radius 2 is 1.91 bits per heavy atom. The standard InChI is InChI=1S/C21H19ClN4O4S3/c1-13(27)30-17-8-7-14(9-18(17)29-2)10-23-24-19(28)12-32-21-26-25-20(33-21)31-11-15-5-3-4-6-16(15)22/h3-10H,11-12H2,1-2H3,(H,24,28)/b23-10-. The zero-order chi connectivity index (χ0) is 23.6. The largest absolute Gasteiger partial charge is 0.493 e. The molecule has 0 aliphatic carbocycles. The third-order valence-corrected chi connectivity index (χ3v) is 7.48.